The summed E-state index contributed by atoms with van der Waals surface area (Å²) < 4.78 is 26.3. The number of benzene rings is 1. The number of nitrogens with zero attached hydrogens (tertiary/aromatic N) is 1. The fourth-order valence-electron chi connectivity index (χ4n) is 2.01. The van der Waals surface area contributed by atoms with Crippen LogP contribution < -0.4 is 4.31 Å². The molecule has 0 atom stereocenters. The molecule has 0 radical (unpaired) electrons. The zero-order chi connectivity index (χ0) is 14.9. The van der Waals surface area contributed by atoms with E-state index >= 15 is 0 Å². The summed E-state index contributed by atoms with van der Waals surface area (Å²) in [5, 5.41) is 10.6. The lowest BCUT2D eigenvalue weighted by Crippen LogP contribution is -2.26. The van der Waals surface area contributed by atoms with Gasteiger partial charge in [0.05, 0.1) is 17.2 Å². The van der Waals surface area contributed by atoms with E-state index in [1.54, 1.807) is 12.4 Å². The van der Waals surface area contributed by atoms with Gasteiger partial charge in [0.2, 0.25) is 0 Å². The first-order chi connectivity index (χ1) is 9.34. The number of anilines is 1. The molecule has 4 nitrogen and oxygen atoms in total. The van der Waals surface area contributed by atoms with Crippen molar-refractivity contribution in [1.29, 1.82) is 0 Å². The summed E-state index contributed by atoms with van der Waals surface area (Å²) in [6.07, 6.45) is 0. The maximum Gasteiger partial charge on any atom is 0.264 e. The molecule has 1 aromatic heterocycles. The SMILES string of the molecule is Cc1cc(C)cc(N(C)S(=O)(=O)c2csc(CO)c2)c1. The molecule has 0 bridgehead atoms. The van der Waals surface area contributed by atoms with Crippen LogP contribution in [0, 0.1) is 13.8 Å². The average molecular weight is 311 g/mol. The Hall–Kier alpha value is -1.37. The number of aliphatic hydroxyl groups is 1. The van der Waals surface area contributed by atoms with E-state index in [0.717, 1.165) is 11.1 Å². The van der Waals surface area contributed by atoms with E-state index in [0.29, 0.717) is 10.6 Å². The van der Waals surface area contributed by atoms with Crippen LogP contribution in [0.1, 0.15) is 16.0 Å². The zero-order valence-corrected chi connectivity index (χ0v) is 13.3. The second kappa shape index (κ2) is 5.55. The lowest BCUT2D eigenvalue weighted by molar-refractivity contribution is 0.285. The monoisotopic (exact) mass is 311 g/mol. The van der Waals surface area contributed by atoms with Gasteiger partial charge in [-0.25, -0.2) is 8.42 Å². The zero-order valence-electron chi connectivity index (χ0n) is 11.6. The maximum absolute atomic E-state index is 12.5. The van der Waals surface area contributed by atoms with Gasteiger partial charge in [0.25, 0.3) is 10.0 Å². The molecule has 1 aromatic carbocycles. The number of rotatable bonds is 4. The fraction of sp³-hybridized carbons (Fsp3) is 0.286. The van der Waals surface area contributed by atoms with Gasteiger partial charge in [-0.2, -0.15) is 0 Å². The van der Waals surface area contributed by atoms with Crippen molar-refractivity contribution < 1.29 is 13.5 Å². The lowest BCUT2D eigenvalue weighted by atomic mass is 10.1. The number of aliphatic hydroxyl groups excluding tert-OH is 1. The van der Waals surface area contributed by atoms with E-state index in [-0.39, 0.29) is 11.5 Å². The molecular formula is C14H17NO3S2. The van der Waals surface area contributed by atoms with Crippen LogP contribution in [0.2, 0.25) is 0 Å². The molecule has 20 heavy (non-hydrogen) atoms. The van der Waals surface area contributed by atoms with Gasteiger partial charge in [-0.05, 0) is 43.2 Å². The highest BCUT2D eigenvalue weighted by Gasteiger charge is 2.23. The number of hydrogen-bond acceptors (Lipinski definition) is 4. The third-order valence-electron chi connectivity index (χ3n) is 3.01. The second-order valence-electron chi connectivity index (χ2n) is 4.73. The number of hydrogen-bond donors (Lipinski definition) is 1. The molecule has 2 aromatic rings. The molecule has 0 spiro atoms. The first-order valence-electron chi connectivity index (χ1n) is 6.10. The summed E-state index contributed by atoms with van der Waals surface area (Å²) in [6.45, 7) is 3.73. The topological polar surface area (TPSA) is 57.6 Å². The van der Waals surface area contributed by atoms with Crippen LogP contribution in [0.25, 0.3) is 0 Å². The van der Waals surface area contributed by atoms with Gasteiger partial charge in [0, 0.05) is 17.3 Å². The first-order valence-corrected chi connectivity index (χ1v) is 8.42. The van der Waals surface area contributed by atoms with Crippen molar-refractivity contribution >= 4 is 27.0 Å². The summed E-state index contributed by atoms with van der Waals surface area (Å²) in [4.78, 5) is 0.852. The van der Waals surface area contributed by atoms with Gasteiger partial charge in [-0.15, -0.1) is 11.3 Å². The average Bonchev–Trinajstić information content (AvgIpc) is 2.86. The summed E-state index contributed by atoms with van der Waals surface area (Å²) in [7, 11) is -2.04. The van der Waals surface area contributed by atoms with Gasteiger partial charge in [-0.1, -0.05) is 6.07 Å². The number of sulfonamides is 1. The predicted molar refractivity (Wildman–Crippen MR) is 81.7 cm³/mol. The van der Waals surface area contributed by atoms with Crippen LogP contribution >= 0.6 is 11.3 Å². The van der Waals surface area contributed by atoms with Crippen LogP contribution in [0.3, 0.4) is 0 Å². The Kier molecular flexibility index (Phi) is 4.17. The maximum atomic E-state index is 12.5. The lowest BCUT2D eigenvalue weighted by Gasteiger charge is -2.19. The molecule has 1 N–H and O–H groups in total. The van der Waals surface area contributed by atoms with E-state index in [2.05, 4.69) is 0 Å². The minimum Gasteiger partial charge on any atom is -0.391 e. The largest absolute Gasteiger partial charge is 0.391 e. The van der Waals surface area contributed by atoms with Gasteiger partial charge < -0.3 is 5.11 Å². The molecule has 0 aliphatic rings. The van der Waals surface area contributed by atoms with Crippen molar-refractivity contribution in [3.05, 3.63) is 45.6 Å². The Morgan fingerprint density at radius 1 is 1.15 bits per heavy atom. The molecule has 0 saturated heterocycles. The van der Waals surface area contributed by atoms with Gasteiger partial charge in [-0.3, -0.25) is 4.31 Å². The van der Waals surface area contributed by atoms with Crippen molar-refractivity contribution in [2.24, 2.45) is 0 Å². The van der Waals surface area contributed by atoms with Gasteiger partial charge >= 0.3 is 0 Å². The molecule has 0 saturated carbocycles. The Labute approximate surface area is 123 Å². The fourth-order valence-corrected chi connectivity index (χ4v) is 4.31. The summed E-state index contributed by atoms with van der Waals surface area (Å²) in [5.41, 5.74) is 2.67. The first kappa shape index (κ1) is 15.0. The van der Waals surface area contributed by atoms with Gasteiger partial charge in [0.1, 0.15) is 0 Å². The number of thiophene rings is 1. The van der Waals surface area contributed by atoms with Crippen LogP contribution in [-0.4, -0.2) is 20.6 Å². The standard InChI is InChI=1S/C14H17NO3S2/c1-10-4-11(2)6-12(5-10)15(3)20(17,18)14-7-13(8-16)19-9-14/h4-7,9,16H,8H2,1-3H3. The molecule has 0 aliphatic heterocycles. The normalized spacial score (nSPS) is 11.6. The van der Waals surface area contributed by atoms with Crippen molar-refractivity contribution in [2.75, 3.05) is 11.4 Å². The molecular weight excluding hydrogens is 294 g/mol. The summed E-state index contributed by atoms with van der Waals surface area (Å²) in [5.74, 6) is 0. The van der Waals surface area contributed by atoms with Crippen LogP contribution in [0.15, 0.2) is 34.5 Å². The molecule has 108 valence electrons. The smallest absolute Gasteiger partial charge is 0.264 e. The van der Waals surface area contributed by atoms with Crippen molar-refractivity contribution in [3.8, 4) is 0 Å². The van der Waals surface area contributed by atoms with E-state index in [1.165, 1.54) is 21.7 Å². The van der Waals surface area contributed by atoms with Crippen LogP contribution in [-0.2, 0) is 16.6 Å². The molecule has 0 unspecified atom stereocenters. The predicted octanol–water partition coefficient (Wildman–Crippen LogP) is 2.68. The minimum absolute atomic E-state index is 0.145. The molecule has 0 aliphatic carbocycles. The quantitative estimate of drug-likeness (QED) is 0.944. The molecule has 2 rings (SSSR count). The highest BCUT2D eigenvalue weighted by Crippen LogP contribution is 2.27. The third-order valence-corrected chi connectivity index (χ3v) is 5.85. The van der Waals surface area contributed by atoms with Crippen LogP contribution in [0.4, 0.5) is 5.69 Å². The molecule has 1 heterocycles. The highest BCUT2D eigenvalue weighted by atomic mass is 32.2. The van der Waals surface area contributed by atoms with Gasteiger partial charge in [0.15, 0.2) is 0 Å². The van der Waals surface area contributed by atoms with Crippen molar-refractivity contribution in [3.63, 3.8) is 0 Å². The number of aryl methyl sites for hydroxylation is 2. The Balaban J connectivity index is 2.42. The molecule has 6 heteroatoms. The Morgan fingerprint density at radius 3 is 2.25 bits per heavy atom. The van der Waals surface area contributed by atoms with E-state index in [1.807, 2.05) is 32.0 Å². The Morgan fingerprint density at radius 2 is 1.75 bits per heavy atom. The van der Waals surface area contributed by atoms with Crippen LogP contribution in [0.5, 0.6) is 0 Å². The molecule has 0 fully saturated rings. The van der Waals surface area contributed by atoms with E-state index < -0.39 is 10.0 Å². The van der Waals surface area contributed by atoms with E-state index in [4.69, 9.17) is 5.11 Å². The summed E-state index contributed by atoms with van der Waals surface area (Å²) >= 11 is 1.24. The highest BCUT2D eigenvalue weighted by molar-refractivity contribution is 7.93. The summed E-state index contributed by atoms with van der Waals surface area (Å²) in [6, 6.07) is 7.19. The van der Waals surface area contributed by atoms with Crippen molar-refractivity contribution in [2.45, 2.75) is 25.3 Å². The second-order valence-corrected chi connectivity index (χ2v) is 7.69. The van der Waals surface area contributed by atoms with Crippen molar-refractivity contribution in [1.82, 2.24) is 0 Å². The van der Waals surface area contributed by atoms with E-state index in [9.17, 15) is 8.42 Å². The third kappa shape index (κ3) is 2.87. The minimum atomic E-state index is -3.58. The Bertz CT molecular complexity index is 700. The molecule has 0 amide bonds.